The van der Waals surface area contributed by atoms with Crippen molar-refractivity contribution in [3.05, 3.63) is 47.8 Å². The zero-order valence-corrected chi connectivity index (χ0v) is 10.5. The topological polar surface area (TPSA) is 55.2 Å². The second-order valence-electron chi connectivity index (χ2n) is 4.36. The fourth-order valence-electron chi connectivity index (χ4n) is 1.50. The molecule has 4 heteroatoms. The molecule has 1 aromatic carbocycles. The average molecular weight is 244 g/mol. The maximum absolute atomic E-state index is 8.88. The summed E-state index contributed by atoms with van der Waals surface area (Å²) in [5, 5.41) is 8.88. The second kappa shape index (κ2) is 5.60. The Morgan fingerprint density at radius 3 is 2.22 bits per heavy atom. The van der Waals surface area contributed by atoms with E-state index in [1.54, 1.807) is 12.4 Å². The van der Waals surface area contributed by atoms with Gasteiger partial charge < -0.3 is 9.84 Å². The number of aromatic nitrogens is 2. The quantitative estimate of drug-likeness (QED) is 0.898. The third-order valence-corrected chi connectivity index (χ3v) is 2.62. The lowest BCUT2D eigenvalue weighted by Gasteiger charge is -2.07. The van der Waals surface area contributed by atoms with Crippen LogP contribution in [0.2, 0.25) is 0 Å². The molecule has 0 radical (unpaired) electrons. The zero-order chi connectivity index (χ0) is 13.0. The van der Waals surface area contributed by atoms with Crippen molar-refractivity contribution in [1.29, 1.82) is 0 Å². The molecule has 0 aliphatic rings. The van der Waals surface area contributed by atoms with Crippen LogP contribution in [0.15, 0.2) is 36.7 Å². The molecule has 0 unspecified atom stereocenters. The summed E-state index contributed by atoms with van der Waals surface area (Å²) < 4.78 is 5.51. The van der Waals surface area contributed by atoms with Crippen molar-refractivity contribution >= 4 is 0 Å². The molecule has 0 saturated carbocycles. The molecule has 1 heterocycles. The Bertz CT molecular complexity index is 492. The lowest BCUT2D eigenvalue weighted by molar-refractivity contribution is 0.280. The lowest BCUT2D eigenvalue weighted by Crippen LogP contribution is -1.94. The highest BCUT2D eigenvalue weighted by Crippen LogP contribution is 2.21. The van der Waals surface area contributed by atoms with E-state index in [4.69, 9.17) is 9.84 Å². The van der Waals surface area contributed by atoms with Crippen molar-refractivity contribution in [3.63, 3.8) is 0 Å². The lowest BCUT2D eigenvalue weighted by atomic mass is 10.0. The molecule has 18 heavy (non-hydrogen) atoms. The molecular weight excluding hydrogens is 228 g/mol. The van der Waals surface area contributed by atoms with Crippen LogP contribution in [0.3, 0.4) is 0 Å². The number of nitrogens with zero attached hydrogens (tertiary/aromatic N) is 2. The van der Waals surface area contributed by atoms with E-state index in [9.17, 15) is 0 Å². The fraction of sp³-hybridized carbons (Fsp3) is 0.286. The maximum Gasteiger partial charge on any atom is 0.321 e. The average Bonchev–Trinajstić information content (AvgIpc) is 2.40. The predicted molar refractivity (Wildman–Crippen MR) is 68.6 cm³/mol. The molecule has 1 aromatic heterocycles. The Morgan fingerprint density at radius 2 is 1.72 bits per heavy atom. The van der Waals surface area contributed by atoms with Crippen LogP contribution in [0.1, 0.15) is 30.9 Å². The molecule has 2 rings (SSSR count). The number of aliphatic hydroxyl groups excluding tert-OH is 1. The summed E-state index contributed by atoms with van der Waals surface area (Å²) in [7, 11) is 0. The van der Waals surface area contributed by atoms with Gasteiger partial charge in [-0.3, -0.25) is 0 Å². The highest BCUT2D eigenvalue weighted by atomic mass is 16.5. The molecule has 4 nitrogen and oxygen atoms in total. The van der Waals surface area contributed by atoms with Crippen LogP contribution in [0, 0.1) is 0 Å². The minimum atomic E-state index is -0.0661. The van der Waals surface area contributed by atoms with Crippen molar-refractivity contribution in [3.8, 4) is 11.8 Å². The molecule has 94 valence electrons. The van der Waals surface area contributed by atoms with Crippen LogP contribution in [0.4, 0.5) is 0 Å². The minimum Gasteiger partial charge on any atom is -0.424 e. The van der Waals surface area contributed by atoms with Gasteiger partial charge in [-0.15, -0.1) is 0 Å². The molecule has 0 saturated heterocycles. The molecule has 2 aromatic rings. The van der Waals surface area contributed by atoms with E-state index in [1.807, 2.05) is 24.3 Å². The fourth-order valence-corrected chi connectivity index (χ4v) is 1.50. The van der Waals surface area contributed by atoms with Gasteiger partial charge in [0.2, 0.25) is 0 Å². The predicted octanol–water partition coefficient (Wildman–Crippen LogP) is 2.88. The van der Waals surface area contributed by atoms with Crippen LogP contribution in [-0.4, -0.2) is 15.1 Å². The normalized spacial score (nSPS) is 10.7. The van der Waals surface area contributed by atoms with Crippen molar-refractivity contribution in [2.45, 2.75) is 26.4 Å². The molecule has 0 atom stereocenters. The molecule has 0 amide bonds. The summed E-state index contributed by atoms with van der Waals surface area (Å²) in [6, 6.07) is 8.14. The Hall–Kier alpha value is -1.94. The number of ether oxygens (including phenoxy) is 1. The van der Waals surface area contributed by atoms with Gasteiger partial charge in [0.1, 0.15) is 5.75 Å². The third kappa shape index (κ3) is 3.05. The van der Waals surface area contributed by atoms with Crippen LogP contribution in [-0.2, 0) is 6.61 Å². The van der Waals surface area contributed by atoms with Gasteiger partial charge in [-0.2, -0.15) is 0 Å². The number of hydrogen-bond donors (Lipinski definition) is 1. The highest BCUT2D eigenvalue weighted by Gasteiger charge is 2.02. The maximum atomic E-state index is 8.88. The van der Waals surface area contributed by atoms with Gasteiger partial charge in [0, 0.05) is 18.0 Å². The third-order valence-electron chi connectivity index (χ3n) is 2.62. The van der Waals surface area contributed by atoms with Crippen LogP contribution in [0.5, 0.6) is 11.8 Å². The standard InChI is InChI=1S/C14H16N2O2/c1-10(2)12-3-5-13(6-4-12)18-14-15-7-11(9-17)8-16-14/h3-8,10,17H,9H2,1-2H3. The number of hydrogen-bond acceptors (Lipinski definition) is 4. The summed E-state index contributed by atoms with van der Waals surface area (Å²) in [4.78, 5) is 8.02. The molecule has 0 aliphatic heterocycles. The van der Waals surface area contributed by atoms with Gasteiger partial charge >= 0.3 is 6.01 Å². The SMILES string of the molecule is CC(C)c1ccc(Oc2ncc(CO)cn2)cc1. The first kappa shape index (κ1) is 12.5. The van der Waals surface area contributed by atoms with Gasteiger partial charge in [0.15, 0.2) is 0 Å². The minimum absolute atomic E-state index is 0.0661. The van der Waals surface area contributed by atoms with Crippen LogP contribution < -0.4 is 4.74 Å². The van der Waals surface area contributed by atoms with Gasteiger partial charge in [0.05, 0.1) is 6.61 Å². The van der Waals surface area contributed by atoms with E-state index < -0.39 is 0 Å². The van der Waals surface area contributed by atoms with Gasteiger partial charge in [-0.25, -0.2) is 9.97 Å². The van der Waals surface area contributed by atoms with Gasteiger partial charge in [-0.1, -0.05) is 26.0 Å². The Morgan fingerprint density at radius 1 is 1.11 bits per heavy atom. The van der Waals surface area contributed by atoms with E-state index in [2.05, 4.69) is 23.8 Å². The Labute approximate surface area is 106 Å². The zero-order valence-electron chi connectivity index (χ0n) is 10.5. The van der Waals surface area contributed by atoms with Gasteiger partial charge in [-0.05, 0) is 23.6 Å². The summed E-state index contributed by atoms with van der Waals surface area (Å²) >= 11 is 0. The summed E-state index contributed by atoms with van der Waals surface area (Å²) in [5.74, 6) is 1.20. The molecule has 1 N–H and O–H groups in total. The van der Waals surface area contributed by atoms with E-state index in [0.29, 0.717) is 17.2 Å². The first-order valence-corrected chi connectivity index (χ1v) is 5.88. The Kier molecular flexibility index (Phi) is 3.89. The van der Waals surface area contributed by atoms with Crippen molar-refractivity contribution in [2.24, 2.45) is 0 Å². The van der Waals surface area contributed by atoms with E-state index in [-0.39, 0.29) is 12.6 Å². The summed E-state index contributed by atoms with van der Waals surface area (Å²) in [6.45, 7) is 4.22. The first-order chi connectivity index (χ1) is 8.69. The van der Waals surface area contributed by atoms with E-state index >= 15 is 0 Å². The molecule has 0 bridgehead atoms. The first-order valence-electron chi connectivity index (χ1n) is 5.88. The van der Waals surface area contributed by atoms with Crippen molar-refractivity contribution in [2.75, 3.05) is 0 Å². The number of benzene rings is 1. The summed E-state index contributed by atoms with van der Waals surface area (Å²) in [5.41, 5.74) is 1.93. The summed E-state index contributed by atoms with van der Waals surface area (Å²) in [6.07, 6.45) is 3.09. The second-order valence-corrected chi connectivity index (χ2v) is 4.36. The molecule has 0 fully saturated rings. The van der Waals surface area contributed by atoms with Gasteiger partial charge in [0.25, 0.3) is 0 Å². The molecule has 0 spiro atoms. The van der Waals surface area contributed by atoms with E-state index in [1.165, 1.54) is 5.56 Å². The largest absolute Gasteiger partial charge is 0.424 e. The molecular formula is C14H16N2O2. The highest BCUT2D eigenvalue weighted by molar-refractivity contribution is 5.30. The van der Waals surface area contributed by atoms with Crippen LogP contribution in [0.25, 0.3) is 0 Å². The van der Waals surface area contributed by atoms with Crippen LogP contribution >= 0.6 is 0 Å². The monoisotopic (exact) mass is 244 g/mol. The number of aliphatic hydroxyl groups is 1. The number of rotatable bonds is 4. The van der Waals surface area contributed by atoms with Crippen molar-refractivity contribution < 1.29 is 9.84 Å². The molecule has 0 aliphatic carbocycles. The van der Waals surface area contributed by atoms with Crippen molar-refractivity contribution in [1.82, 2.24) is 9.97 Å². The Balaban J connectivity index is 2.08. The smallest absolute Gasteiger partial charge is 0.321 e. The van der Waals surface area contributed by atoms with E-state index in [0.717, 1.165) is 0 Å².